The zero-order valence-corrected chi connectivity index (χ0v) is 16.0. The first-order chi connectivity index (χ1) is 11.8. The van der Waals surface area contributed by atoms with Crippen molar-refractivity contribution >= 4 is 5.97 Å². The average Bonchev–Trinajstić information content (AvgIpc) is 2.94. The Morgan fingerprint density at radius 2 is 2.08 bits per heavy atom. The number of hydrogen-bond acceptors (Lipinski definition) is 4. The lowest BCUT2D eigenvalue weighted by molar-refractivity contribution is -0.154. The van der Waals surface area contributed by atoms with Crippen LogP contribution < -0.4 is 0 Å². The summed E-state index contributed by atoms with van der Waals surface area (Å²) in [5.74, 6) is 0.426. The summed E-state index contributed by atoms with van der Waals surface area (Å²) in [6.07, 6.45) is 6.26. The van der Waals surface area contributed by atoms with E-state index in [2.05, 4.69) is 26.8 Å². The first-order valence-electron chi connectivity index (χ1n) is 9.59. The lowest BCUT2D eigenvalue weighted by atomic mass is 9.53. The first-order valence-corrected chi connectivity index (χ1v) is 9.59. The Morgan fingerprint density at radius 1 is 1.36 bits per heavy atom. The van der Waals surface area contributed by atoms with Crippen molar-refractivity contribution in [2.24, 2.45) is 22.7 Å². The third-order valence-corrected chi connectivity index (χ3v) is 7.25. The highest BCUT2D eigenvalue weighted by Gasteiger charge is 2.59. The van der Waals surface area contributed by atoms with Gasteiger partial charge in [0.1, 0.15) is 0 Å². The predicted molar refractivity (Wildman–Crippen MR) is 96.8 cm³/mol. The van der Waals surface area contributed by atoms with Crippen LogP contribution in [0.25, 0.3) is 0 Å². The number of hydrogen-bond donors (Lipinski definition) is 2. The van der Waals surface area contributed by atoms with Gasteiger partial charge in [-0.05, 0) is 61.5 Å². The van der Waals surface area contributed by atoms with E-state index in [4.69, 9.17) is 4.74 Å². The molecule has 0 aromatic rings. The SMILES string of the molecule is COC(=O)[C@]12CCC(C(C)C)=C1[C@H]1CC=C(CO)CC(O)[C@]1(C)CC2. The van der Waals surface area contributed by atoms with Crippen molar-refractivity contribution in [1.29, 1.82) is 0 Å². The second kappa shape index (κ2) is 6.55. The Hall–Kier alpha value is -1.13. The molecule has 0 heterocycles. The fourth-order valence-corrected chi connectivity index (χ4v) is 5.60. The molecule has 1 unspecified atom stereocenters. The molecule has 2 N–H and O–H groups in total. The standard InChI is InChI=1S/C21H32O4/c1-13(2)15-7-8-21(19(24)25-4)10-9-20(3)16(18(15)21)6-5-14(12-22)11-17(20)23/h5,13,16-17,22-23H,6-12H2,1-4H3/t16-,17?,20-,21+/m1/s1. The summed E-state index contributed by atoms with van der Waals surface area (Å²) in [6, 6.07) is 0. The molecule has 0 amide bonds. The largest absolute Gasteiger partial charge is 0.468 e. The fourth-order valence-electron chi connectivity index (χ4n) is 5.60. The van der Waals surface area contributed by atoms with Crippen molar-refractivity contribution in [3.05, 3.63) is 22.8 Å². The Morgan fingerprint density at radius 3 is 2.68 bits per heavy atom. The van der Waals surface area contributed by atoms with E-state index in [0.29, 0.717) is 12.3 Å². The minimum Gasteiger partial charge on any atom is -0.468 e. The van der Waals surface area contributed by atoms with E-state index >= 15 is 0 Å². The van der Waals surface area contributed by atoms with Crippen molar-refractivity contribution in [2.45, 2.75) is 65.4 Å². The van der Waals surface area contributed by atoms with Crippen molar-refractivity contribution in [3.8, 4) is 0 Å². The van der Waals surface area contributed by atoms with Crippen LogP contribution >= 0.6 is 0 Å². The van der Waals surface area contributed by atoms with E-state index in [-0.39, 0.29) is 23.9 Å². The summed E-state index contributed by atoms with van der Waals surface area (Å²) in [6.45, 7) is 6.56. The number of carbonyl (C=O) groups is 1. The van der Waals surface area contributed by atoms with Gasteiger partial charge >= 0.3 is 5.97 Å². The minimum atomic E-state index is -0.504. The van der Waals surface area contributed by atoms with E-state index in [1.165, 1.54) is 18.3 Å². The number of aliphatic hydroxyl groups excluding tert-OH is 2. The van der Waals surface area contributed by atoms with Crippen LogP contribution in [0.15, 0.2) is 22.8 Å². The van der Waals surface area contributed by atoms with Gasteiger partial charge in [0.15, 0.2) is 0 Å². The van der Waals surface area contributed by atoms with Crippen LogP contribution in [0.3, 0.4) is 0 Å². The monoisotopic (exact) mass is 348 g/mol. The molecule has 4 heteroatoms. The van der Waals surface area contributed by atoms with Crippen LogP contribution in [0.5, 0.6) is 0 Å². The highest BCUT2D eigenvalue weighted by atomic mass is 16.5. The second-order valence-electron chi connectivity index (χ2n) is 8.70. The highest BCUT2D eigenvalue weighted by Crippen LogP contribution is 2.63. The van der Waals surface area contributed by atoms with Crippen molar-refractivity contribution in [1.82, 2.24) is 0 Å². The molecule has 0 saturated heterocycles. The topological polar surface area (TPSA) is 66.8 Å². The molecular formula is C21H32O4. The van der Waals surface area contributed by atoms with Crippen LogP contribution in [0, 0.1) is 22.7 Å². The molecular weight excluding hydrogens is 316 g/mol. The highest BCUT2D eigenvalue weighted by molar-refractivity contribution is 5.82. The molecule has 3 aliphatic carbocycles. The number of methoxy groups -OCH3 is 1. The maximum absolute atomic E-state index is 12.8. The number of aliphatic hydroxyl groups is 2. The Labute approximate surface area is 151 Å². The maximum atomic E-state index is 12.8. The molecule has 0 spiro atoms. The van der Waals surface area contributed by atoms with E-state index in [0.717, 1.165) is 37.7 Å². The third kappa shape index (κ3) is 2.69. The summed E-state index contributed by atoms with van der Waals surface area (Å²) >= 11 is 0. The summed E-state index contributed by atoms with van der Waals surface area (Å²) in [5, 5.41) is 20.6. The zero-order chi connectivity index (χ0) is 18.4. The van der Waals surface area contributed by atoms with Gasteiger partial charge in [0.05, 0.1) is 25.2 Å². The molecule has 140 valence electrons. The molecule has 25 heavy (non-hydrogen) atoms. The molecule has 0 bridgehead atoms. The molecule has 4 atom stereocenters. The summed E-state index contributed by atoms with van der Waals surface area (Å²) in [7, 11) is 1.49. The fraction of sp³-hybridized carbons (Fsp3) is 0.762. The van der Waals surface area contributed by atoms with Crippen molar-refractivity contribution < 1.29 is 19.7 Å². The maximum Gasteiger partial charge on any atom is 0.315 e. The van der Waals surface area contributed by atoms with Gasteiger partial charge < -0.3 is 14.9 Å². The average molecular weight is 348 g/mol. The third-order valence-electron chi connectivity index (χ3n) is 7.25. The van der Waals surface area contributed by atoms with Gasteiger partial charge in [0, 0.05) is 5.41 Å². The molecule has 3 rings (SSSR count). The van der Waals surface area contributed by atoms with Gasteiger partial charge in [-0.1, -0.05) is 32.4 Å². The van der Waals surface area contributed by atoms with Gasteiger partial charge in [-0.25, -0.2) is 0 Å². The lowest BCUT2D eigenvalue weighted by Crippen LogP contribution is -2.50. The van der Waals surface area contributed by atoms with Crippen molar-refractivity contribution in [2.75, 3.05) is 13.7 Å². The van der Waals surface area contributed by atoms with Crippen LogP contribution in [-0.4, -0.2) is 36.0 Å². The molecule has 4 nitrogen and oxygen atoms in total. The normalized spacial score (nSPS) is 38.1. The Bertz CT molecular complexity index is 617. The molecule has 0 aromatic carbocycles. The Kier molecular flexibility index (Phi) is 4.89. The lowest BCUT2D eigenvalue weighted by Gasteiger charge is -2.51. The molecule has 0 aliphatic heterocycles. The molecule has 1 fully saturated rings. The van der Waals surface area contributed by atoms with Gasteiger partial charge in [0.25, 0.3) is 0 Å². The molecule has 1 saturated carbocycles. The van der Waals surface area contributed by atoms with Crippen LogP contribution in [-0.2, 0) is 9.53 Å². The number of fused-ring (bicyclic) bond motifs is 3. The zero-order valence-electron chi connectivity index (χ0n) is 16.0. The van der Waals surface area contributed by atoms with Crippen LogP contribution in [0.4, 0.5) is 0 Å². The van der Waals surface area contributed by atoms with Gasteiger partial charge in [-0.2, -0.15) is 0 Å². The molecule has 3 aliphatic rings. The van der Waals surface area contributed by atoms with E-state index < -0.39 is 11.5 Å². The van der Waals surface area contributed by atoms with E-state index in [9.17, 15) is 15.0 Å². The number of ether oxygens (including phenoxy) is 1. The Balaban J connectivity index is 2.15. The van der Waals surface area contributed by atoms with Gasteiger partial charge in [-0.15, -0.1) is 0 Å². The van der Waals surface area contributed by atoms with Crippen LogP contribution in [0.1, 0.15) is 59.3 Å². The number of rotatable bonds is 3. The minimum absolute atomic E-state index is 0.00189. The summed E-state index contributed by atoms with van der Waals surface area (Å²) in [4.78, 5) is 12.8. The summed E-state index contributed by atoms with van der Waals surface area (Å²) < 4.78 is 5.24. The van der Waals surface area contributed by atoms with E-state index in [1.54, 1.807) is 0 Å². The van der Waals surface area contributed by atoms with Gasteiger partial charge in [-0.3, -0.25) is 4.79 Å². The van der Waals surface area contributed by atoms with Crippen LogP contribution in [0.2, 0.25) is 0 Å². The number of esters is 1. The quantitative estimate of drug-likeness (QED) is 0.606. The first kappa shape index (κ1) is 18.7. The number of carbonyl (C=O) groups excluding carboxylic acids is 1. The summed E-state index contributed by atoms with van der Waals surface area (Å²) in [5.41, 5.74) is 2.78. The van der Waals surface area contributed by atoms with Crippen molar-refractivity contribution in [3.63, 3.8) is 0 Å². The van der Waals surface area contributed by atoms with Gasteiger partial charge in [0.2, 0.25) is 0 Å². The predicted octanol–water partition coefficient (Wildman–Crippen LogP) is 3.38. The number of allylic oxidation sites excluding steroid dienone is 2. The second-order valence-corrected chi connectivity index (χ2v) is 8.70. The van der Waals surface area contributed by atoms with E-state index in [1.807, 2.05) is 0 Å². The smallest absolute Gasteiger partial charge is 0.315 e. The molecule has 0 aromatic heterocycles. The molecule has 0 radical (unpaired) electrons.